The van der Waals surface area contributed by atoms with Gasteiger partial charge in [0.2, 0.25) is 0 Å². The molecule has 1 saturated carbocycles. The van der Waals surface area contributed by atoms with E-state index in [9.17, 15) is 18.0 Å². The Morgan fingerprint density at radius 3 is 2.38 bits per heavy atom. The molecule has 1 aromatic carbocycles. The molecule has 4 nitrogen and oxygen atoms in total. The van der Waals surface area contributed by atoms with Crippen LogP contribution in [0.1, 0.15) is 34.5 Å². The molecule has 136 valence electrons. The predicted octanol–water partition coefficient (Wildman–Crippen LogP) is 3.76. The van der Waals surface area contributed by atoms with E-state index in [0.717, 1.165) is 12.1 Å². The van der Waals surface area contributed by atoms with E-state index in [1.54, 1.807) is 24.3 Å². The van der Waals surface area contributed by atoms with Gasteiger partial charge in [0, 0.05) is 19.0 Å². The molecule has 1 saturated heterocycles. The highest BCUT2D eigenvalue weighted by molar-refractivity contribution is 6.03. The third-order valence-corrected chi connectivity index (χ3v) is 5.03. The van der Waals surface area contributed by atoms with Gasteiger partial charge in [0.1, 0.15) is 5.69 Å². The smallest absolute Gasteiger partial charge is 0.347 e. The lowest BCUT2D eigenvalue weighted by molar-refractivity contribution is -0.230. The number of carbonyl (C=O) groups is 1. The number of nitrogens with zero attached hydrogens (tertiary/aromatic N) is 1. The molecule has 0 N–H and O–H groups in total. The lowest BCUT2D eigenvalue weighted by Gasteiger charge is -2.51. The van der Waals surface area contributed by atoms with Crippen LogP contribution < -0.4 is 0 Å². The molecule has 2 heterocycles. The number of aromatic nitrogens is 1. The molecule has 26 heavy (non-hydrogen) atoms. The highest BCUT2D eigenvalue weighted by Crippen LogP contribution is 2.56. The van der Waals surface area contributed by atoms with Gasteiger partial charge in [-0.15, -0.1) is 0 Å². The minimum atomic E-state index is -4.48. The average Bonchev–Trinajstić information content (AvgIpc) is 3.09. The lowest BCUT2D eigenvalue weighted by Crippen LogP contribution is -2.59. The molecular weight excluding hydrogens is 347 g/mol. The van der Waals surface area contributed by atoms with Gasteiger partial charge in [0.15, 0.2) is 11.6 Å². The van der Waals surface area contributed by atoms with Crippen LogP contribution in [0.5, 0.6) is 0 Å². The highest BCUT2D eigenvalue weighted by Gasteiger charge is 2.63. The Bertz CT molecular complexity index is 821. The van der Waals surface area contributed by atoms with Crippen molar-refractivity contribution < 1.29 is 27.4 Å². The average molecular weight is 363 g/mol. The topological polar surface area (TPSA) is 48.4 Å². The first kappa shape index (κ1) is 17.2. The number of ether oxygens (including phenoxy) is 2. The monoisotopic (exact) mass is 363 g/mol. The zero-order valence-electron chi connectivity index (χ0n) is 13.8. The van der Waals surface area contributed by atoms with Crippen molar-refractivity contribution in [2.75, 3.05) is 13.2 Å². The maximum atomic E-state index is 13.2. The van der Waals surface area contributed by atoms with Crippen molar-refractivity contribution in [2.24, 2.45) is 0 Å². The predicted molar refractivity (Wildman–Crippen MR) is 85.6 cm³/mol. The number of ketones is 1. The van der Waals surface area contributed by atoms with Gasteiger partial charge in [-0.25, -0.2) is 0 Å². The van der Waals surface area contributed by atoms with Crippen LogP contribution >= 0.6 is 0 Å². The largest absolute Gasteiger partial charge is 0.416 e. The highest BCUT2D eigenvalue weighted by atomic mass is 19.4. The zero-order valence-corrected chi connectivity index (χ0v) is 13.8. The molecule has 2 aromatic rings. The van der Waals surface area contributed by atoms with Crippen molar-refractivity contribution in [3.63, 3.8) is 0 Å². The van der Waals surface area contributed by atoms with Gasteiger partial charge in [-0.05, 0) is 23.8 Å². The van der Waals surface area contributed by atoms with Gasteiger partial charge in [-0.2, -0.15) is 13.2 Å². The van der Waals surface area contributed by atoms with Crippen LogP contribution in [-0.2, 0) is 21.1 Å². The number of Topliss-reactive ketones (excluding diaryl/α,β-unsaturated/α-hetero) is 1. The van der Waals surface area contributed by atoms with E-state index >= 15 is 0 Å². The standard InChI is InChI=1S/C19H16F3NO3/c20-19(21,22)14-5-3-4-13(10-14)17(11-18(12-17)25-8-9-26-18)16(24)15-6-1-2-7-23-15/h1-7,10H,8-9,11-12H2. The molecule has 0 radical (unpaired) electrons. The zero-order chi connectivity index (χ0) is 18.4. The third kappa shape index (κ3) is 2.71. The molecule has 2 fully saturated rings. The number of hydrogen-bond donors (Lipinski definition) is 0. The fourth-order valence-electron chi connectivity index (χ4n) is 3.80. The Morgan fingerprint density at radius 2 is 1.77 bits per heavy atom. The van der Waals surface area contributed by atoms with Gasteiger partial charge in [-0.3, -0.25) is 9.78 Å². The molecule has 1 aliphatic heterocycles. The molecule has 1 spiro atoms. The summed E-state index contributed by atoms with van der Waals surface area (Å²) in [5.41, 5.74) is -1.39. The van der Waals surface area contributed by atoms with Crippen LogP contribution in [0.2, 0.25) is 0 Å². The van der Waals surface area contributed by atoms with Crippen LogP contribution in [0.15, 0.2) is 48.7 Å². The number of carbonyl (C=O) groups excluding carboxylic acids is 1. The van der Waals surface area contributed by atoms with Crippen molar-refractivity contribution in [1.82, 2.24) is 4.98 Å². The lowest BCUT2D eigenvalue weighted by atomic mass is 9.57. The first-order chi connectivity index (χ1) is 12.3. The fourth-order valence-corrected chi connectivity index (χ4v) is 3.80. The van der Waals surface area contributed by atoms with E-state index in [1.807, 2.05) is 0 Å². The molecule has 0 bridgehead atoms. The summed E-state index contributed by atoms with van der Waals surface area (Å²) < 4.78 is 50.7. The van der Waals surface area contributed by atoms with Crippen LogP contribution in [0.3, 0.4) is 0 Å². The summed E-state index contributed by atoms with van der Waals surface area (Å²) in [6.45, 7) is 0.826. The molecule has 0 unspecified atom stereocenters. The van der Waals surface area contributed by atoms with E-state index in [4.69, 9.17) is 9.47 Å². The molecule has 1 aromatic heterocycles. The minimum Gasteiger partial charge on any atom is -0.347 e. The van der Waals surface area contributed by atoms with E-state index < -0.39 is 22.9 Å². The van der Waals surface area contributed by atoms with Crippen molar-refractivity contribution in [3.05, 3.63) is 65.5 Å². The van der Waals surface area contributed by atoms with E-state index in [1.165, 1.54) is 12.3 Å². The van der Waals surface area contributed by atoms with E-state index in [-0.39, 0.29) is 24.3 Å². The minimum absolute atomic E-state index is 0.177. The Hall–Kier alpha value is -2.25. The summed E-state index contributed by atoms with van der Waals surface area (Å²) >= 11 is 0. The number of halogens is 3. The second kappa shape index (κ2) is 5.89. The van der Waals surface area contributed by atoms with Crippen molar-refractivity contribution >= 4 is 5.78 Å². The van der Waals surface area contributed by atoms with Crippen molar-refractivity contribution in [1.29, 1.82) is 0 Å². The molecular formula is C19H16F3NO3. The van der Waals surface area contributed by atoms with Gasteiger partial charge in [0.05, 0.1) is 24.2 Å². The van der Waals surface area contributed by atoms with Gasteiger partial charge < -0.3 is 9.47 Å². The van der Waals surface area contributed by atoms with Gasteiger partial charge in [-0.1, -0.05) is 24.3 Å². The summed E-state index contributed by atoms with van der Waals surface area (Å²) in [5, 5.41) is 0. The van der Waals surface area contributed by atoms with E-state index in [0.29, 0.717) is 18.8 Å². The Kier molecular flexibility index (Phi) is 3.89. The summed E-state index contributed by atoms with van der Waals surface area (Å²) in [7, 11) is 0. The molecule has 1 aliphatic carbocycles. The SMILES string of the molecule is O=C(c1ccccn1)C1(c2cccc(C(F)(F)F)c2)CC2(C1)OCCO2. The number of alkyl halides is 3. The summed E-state index contributed by atoms with van der Waals surface area (Å²) in [6, 6.07) is 9.85. The van der Waals surface area contributed by atoms with Crippen molar-refractivity contribution in [3.8, 4) is 0 Å². The number of benzene rings is 1. The number of rotatable bonds is 3. The number of pyridine rings is 1. The summed E-state index contributed by atoms with van der Waals surface area (Å²) in [6.07, 6.45) is -2.63. The Labute approximate surface area is 148 Å². The van der Waals surface area contributed by atoms with Crippen LogP contribution in [0.4, 0.5) is 13.2 Å². The first-order valence-electron chi connectivity index (χ1n) is 8.26. The molecule has 2 aliphatic rings. The molecule has 0 atom stereocenters. The maximum absolute atomic E-state index is 13.2. The van der Waals surface area contributed by atoms with Crippen LogP contribution in [-0.4, -0.2) is 29.8 Å². The quantitative estimate of drug-likeness (QED) is 0.779. The van der Waals surface area contributed by atoms with E-state index in [2.05, 4.69) is 4.98 Å². The number of hydrogen-bond acceptors (Lipinski definition) is 4. The fraction of sp³-hybridized carbons (Fsp3) is 0.368. The summed E-state index contributed by atoms with van der Waals surface area (Å²) in [5.74, 6) is -1.21. The Balaban J connectivity index is 1.77. The maximum Gasteiger partial charge on any atom is 0.416 e. The second-order valence-corrected chi connectivity index (χ2v) is 6.67. The van der Waals surface area contributed by atoms with Crippen molar-refractivity contribution in [2.45, 2.75) is 30.2 Å². The third-order valence-electron chi connectivity index (χ3n) is 5.03. The van der Waals surface area contributed by atoms with Gasteiger partial charge in [0.25, 0.3) is 0 Å². The normalized spacial score (nSPS) is 20.7. The van der Waals surface area contributed by atoms with Crippen LogP contribution in [0, 0.1) is 0 Å². The first-order valence-corrected chi connectivity index (χ1v) is 8.26. The second-order valence-electron chi connectivity index (χ2n) is 6.67. The van der Waals surface area contributed by atoms with Crippen LogP contribution in [0.25, 0.3) is 0 Å². The summed E-state index contributed by atoms with van der Waals surface area (Å²) in [4.78, 5) is 17.3. The molecule has 4 rings (SSSR count). The molecule has 0 amide bonds. The molecule has 7 heteroatoms. The van der Waals surface area contributed by atoms with Gasteiger partial charge >= 0.3 is 6.18 Å². The Morgan fingerprint density at radius 1 is 1.04 bits per heavy atom.